The van der Waals surface area contributed by atoms with E-state index in [1.165, 1.54) is 4.72 Å². The Balaban J connectivity index is 2.95. The summed E-state index contributed by atoms with van der Waals surface area (Å²) in [6.45, 7) is 0. The number of nitrogens with one attached hydrogen (secondary N) is 1. The molecule has 0 atom stereocenters. The molecule has 0 aromatic heterocycles. The molecule has 9 heteroatoms. The summed E-state index contributed by atoms with van der Waals surface area (Å²) >= 11 is 0. The van der Waals surface area contributed by atoms with Crippen LogP contribution in [0.1, 0.15) is 10.4 Å². The molecule has 1 aromatic carbocycles. The first-order valence-electron chi connectivity index (χ1n) is 4.04. The number of carbonyl (C=O) groups is 1. The molecule has 0 heterocycles. The molecule has 0 saturated heterocycles. The van der Waals surface area contributed by atoms with Gasteiger partial charge in [0.2, 0.25) is 0 Å². The Labute approximate surface area is 93.9 Å². The van der Waals surface area contributed by atoms with Gasteiger partial charge in [0.1, 0.15) is 0 Å². The van der Waals surface area contributed by atoms with Crippen LogP contribution >= 0.6 is 0 Å². The van der Waals surface area contributed by atoms with Gasteiger partial charge in [-0.25, -0.2) is 0 Å². The summed E-state index contributed by atoms with van der Waals surface area (Å²) in [5.41, 5.74) is -6.10. The van der Waals surface area contributed by atoms with Gasteiger partial charge in [-0.1, -0.05) is 12.1 Å². The van der Waals surface area contributed by atoms with E-state index in [0.717, 1.165) is 24.3 Å². The van der Waals surface area contributed by atoms with E-state index in [1.54, 1.807) is 0 Å². The van der Waals surface area contributed by atoms with Gasteiger partial charge in [-0.2, -0.15) is 21.6 Å². The van der Waals surface area contributed by atoms with Crippen LogP contribution in [0.25, 0.3) is 0 Å². The average molecular weight is 268 g/mol. The summed E-state index contributed by atoms with van der Waals surface area (Å²) < 4.78 is 58.5. The van der Waals surface area contributed by atoms with Crippen LogP contribution in [-0.4, -0.2) is 19.9 Å². The van der Waals surface area contributed by atoms with Gasteiger partial charge < -0.3 is 9.90 Å². The molecule has 1 N–H and O–H groups in total. The topological polar surface area (TPSA) is 86.3 Å². The van der Waals surface area contributed by atoms with E-state index in [9.17, 15) is 31.5 Å². The number of carboxylic acid groups (broad SMARTS) is 1. The zero-order valence-corrected chi connectivity index (χ0v) is 8.80. The lowest BCUT2D eigenvalue weighted by atomic mass is 10.2. The fourth-order valence-electron chi connectivity index (χ4n) is 0.887. The number of sulfonamides is 1. The van der Waals surface area contributed by atoms with Gasteiger partial charge in [-0.05, 0) is 17.7 Å². The molecule has 0 saturated carbocycles. The number of carbonyl (C=O) groups excluding carboxylic acids is 1. The van der Waals surface area contributed by atoms with Crippen molar-refractivity contribution in [2.24, 2.45) is 0 Å². The molecule has 5 nitrogen and oxygen atoms in total. The molecule has 0 radical (unpaired) electrons. The molecule has 1 aromatic rings. The molecule has 0 aliphatic rings. The van der Waals surface area contributed by atoms with Gasteiger partial charge in [-0.15, -0.1) is 0 Å². The van der Waals surface area contributed by atoms with Crippen molar-refractivity contribution in [2.45, 2.75) is 5.51 Å². The summed E-state index contributed by atoms with van der Waals surface area (Å²) in [5.74, 6) is -1.52. The van der Waals surface area contributed by atoms with Gasteiger partial charge >= 0.3 is 15.5 Å². The Morgan fingerprint density at radius 3 is 2.00 bits per heavy atom. The summed E-state index contributed by atoms with van der Waals surface area (Å²) in [4.78, 5) is 10.3. The fourth-order valence-corrected chi connectivity index (χ4v) is 1.45. The third kappa shape index (κ3) is 3.09. The number of alkyl halides is 3. The first-order chi connectivity index (χ1) is 7.63. The molecule has 0 aliphatic carbocycles. The second-order valence-electron chi connectivity index (χ2n) is 2.92. The van der Waals surface area contributed by atoms with Gasteiger partial charge in [0.15, 0.2) is 0 Å². The first-order valence-corrected chi connectivity index (χ1v) is 5.52. The van der Waals surface area contributed by atoms with E-state index in [-0.39, 0.29) is 5.56 Å². The lowest BCUT2D eigenvalue weighted by Crippen LogP contribution is -2.30. The number of hydrogen-bond donors (Lipinski definition) is 1. The largest absolute Gasteiger partial charge is 0.545 e. The zero-order chi connectivity index (χ0) is 13.3. The molecule has 0 fully saturated rings. The molecule has 0 aliphatic heterocycles. The molecule has 1 rings (SSSR count). The van der Waals surface area contributed by atoms with Crippen LogP contribution in [0, 0.1) is 0 Å². The van der Waals surface area contributed by atoms with E-state index in [2.05, 4.69) is 0 Å². The number of rotatable bonds is 3. The highest BCUT2D eigenvalue weighted by molar-refractivity contribution is 7.93. The third-order valence-corrected chi connectivity index (χ3v) is 2.79. The van der Waals surface area contributed by atoms with Gasteiger partial charge in [0.25, 0.3) is 0 Å². The molecule has 17 heavy (non-hydrogen) atoms. The Morgan fingerprint density at radius 2 is 1.65 bits per heavy atom. The second-order valence-corrected chi connectivity index (χ2v) is 4.59. The van der Waals surface area contributed by atoms with Crippen LogP contribution in [0.2, 0.25) is 0 Å². The van der Waals surface area contributed by atoms with Crippen molar-refractivity contribution in [2.75, 3.05) is 4.72 Å². The summed E-state index contributed by atoms with van der Waals surface area (Å²) in [6.07, 6.45) is 0. The van der Waals surface area contributed by atoms with Crippen LogP contribution in [0.5, 0.6) is 0 Å². The maximum absolute atomic E-state index is 12.0. The summed E-state index contributed by atoms with van der Waals surface area (Å²) in [5, 5.41) is 10.3. The predicted octanol–water partition coefficient (Wildman–Crippen LogP) is 0.312. The van der Waals surface area contributed by atoms with E-state index in [4.69, 9.17) is 0 Å². The fraction of sp³-hybridized carbons (Fsp3) is 0.125. The normalized spacial score (nSPS) is 12.2. The zero-order valence-electron chi connectivity index (χ0n) is 7.98. The Hall–Kier alpha value is -1.77. The van der Waals surface area contributed by atoms with Gasteiger partial charge in [-0.3, -0.25) is 4.72 Å². The van der Waals surface area contributed by atoms with Crippen molar-refractivity contribution in [1.29, 1.82) is 0 Å². The van der Waals surface area contributed by atoms with E-state index in [0.29, 0.717) is 0 Å². The molecule has 0 spiro atoms. The van der Waals surface area contributed by atoms with E-state index < -0.39 is 27.2 Å². The number of hydrogen-bond acceptors (Lipinski definition) is 4. The third-order valence-electron chi connectivity index (χ3n) is 1.68. The molecule has 0 amide bonds. The molecular weight excluding hydrogens is 263 g/mol. The number of benzene rings is 1. The SMILES string of the molecule is O=C([O-])c1ccc(NS(=O)(=O)C(F)(F)F)cc1. The van der Waals surface area contributed by atoms with E-state index >= 15 is 0 Å². The number of aromatic carboxylic acids is 1. The predicted molar refractivity (Wildman–Crippen MR) is 49.4 cm³/mol. The van der Waals surface area contributed by atoms with Crippen LogP contribution in [-0.2, 0) is 10.0 Å². The second kappa shape index (κ2) is 4.24. The minimum Gasteiger partial charge on any atom is -0.545 e. The van der Waals surface area contributed by atoms with Crippen molar-refractivity contribution in [1.82, 2.24) is 0 Å². The first kappa shape index (κ1) is 13.3. The van der Waals surface area contributed by atoms with Crippen molar-refractivity contribution in [3.8, 4) is 0 Å². The lowest BCUT2D eigenvalue weighted by Gasteiger charge is -2.11. The highest BCUT2D eigenvalue weighted by atomic mass is 32.2. The van der Waals surface area contributed by atoms with Crippen molar-refractivity contribution in [3.05, 3.63) is 29.8 Å². The van der Waals surface area contributed by atoms with Crippen molar-refractivity contribution in [3.63, 3.8) is 0 Å². The van der Waals surface area contributed by atoms with Crippen LogP contribution < -0.4 is 9.83 Å². The highest BCUT2D eigenvalue weighted by Crippen LogP contribution is 2.25. The number of carboxylic acids is 1. The van der Waals surface area contributed by atoms with E-state index in [1.807, 2.05) is 0 Å². The van der Waals surface area contributed by atoms with Crippen molar-refractivity contribution < 1.29 is 31.5 Å². The minimum absolute atomic E-state index is 0.278. The molecule has 94 valence electrons. The maximum Gasteiger partial charge on any atom is 0.516 e. The monoisotopic (exact) mass is 268 g/mol. The summed E-state index contributed by atoms with van der Waals surface area (Å²) in [7, 11) is -5.50. The van der Waals surface area contributed by atoms with Crippen molar-refractivity contribution >= 4 is 21.7 Å². The smallest absolute Gasteiger partial charge is 0.516 e. The Bertz CT molecular complexity index is 521. The molecular formula is C8H5F3NO4S-. The van der Waals surface area contributed by atoms with Crippen LogP contribution in [0.15, 0.2) is 24.3 Å². The van der Waals surface area contributed by atoms with Gasteiger partial charge in [0.05, 0.1) is 5.97 Å². The van der Waals surface area contributed by atoms with Gasteiger partial charge in [0, 0.05) is 5.69 Å². The highest BCUT2D eigenvalue weighted by Gasteiger charge is 2.45. The quantitative estimate of drug-likeness (QED) is 0.854. The van der Waals surface area contributed by atoms with Crippen LogP contribution in [0.3, 0.4) is 0 Å². The average Bonchev–Trinajstić information content (AvgIpc) is 2.16. The maximum atomic E-state index is 12.0. The number of halogens is 3. The summed E-state index contributed by atoms with van der Waals surface area (Å²) in [6, 6.07) is 3.61. The Kier molecular flexibility index (Phi) is 3.32. The lowest BCUT2D eigenvalue weighted by molar-refractivity contribution is -0.255. The molecule has 0 unspecified atom stereocenters. The van der Waals surface area contributed by atoms with Crippen LogP contribution in [0.4, 0.5) is 18.9 Å². The minimum atomic E-state index is -5.50. The standard InChI is InChI=1S/C8H6F3NO4S/c9-8(10,11)17(15,16)12-6-3-1-5(2-4-6)7(13)14/h1-4,12H,(H,13,14)/p-1. The molecule has 0 bridgehead atoms. The number of anilines is 1. The Morgan fingerprint density at radius 1 is 1.18 bits per heavy atom.